The van der Waals surface area contributed by atoms with E-state index in [-0.39, 0.29) is 5.82 Å². The van der Waals surface area contributed by atoms with E-state index in [1.807, 2.05) is 0 Å². The minimum Gasteiger partial charge on any atom is -0.480 e. The van der Waals surface area contributed by atoms with Crippen molar-refractivity contribution in [3.63, 3.8) is 0 Å². The number of carbonyl (C=O) groups is 1. The van der Waals surface area contributed by atoms with E-state index >= 15 is 0 Å². The van der Waals surface area contributed by atoms with Gasteiger partial charge in [-0.25, -0.2) is 4.39 Å². The topological polar surface area (TPSA) is 53.4 Å². The van der Waals surface area contributed by atoms with Gasteiger partial charge >= 0.3 is 5.97 Å². The lowest BCUT2D eigenvalue weighted by Crippen LogP contribution is -2.32. The van der Waals surface area contributed by atoms with Crippen molar-refractivity contribution in [2.45, 2.75) is 12.5 Å². The van der Waals surface area contributed by atoms with Crippen LogP contribution in [0.2, 0.25) is 0 Å². The van der Waals surface area contributed by atoms with Crippen molar-refractivity contribution in [3.05, 3.63) is 65.7 Å². The number of benzene rings is 1. The summed E-state index contributed by atoms with van der Waals surface area (Å²) < 4.78 is 13.6. The van der Waals surface area contributed by atoms with E-state index in [0.29, 0.717) is 24.1 Å². The van der Waals surface area contributed by atoms with Gasteiger partial charge in [-0.05, 0) is 36.7 Å². The molecule has 0 spiro atoms. The number of aliphatic carboxylic acids is 1. The number of likely N-dealkylation sites (N-methyl/N-ethyl adjacent to an activating group) is 1. The standard InChI is InChI=1S/C16H17FN2O2/c1-19(10-8-12-5-2-3-7-14(12)17)15(16(20)21)13-6-4-9-18-11-13/h2-7,9,11,15H,8,10H2,1H3,(H,20,21). The highest BCUT2D eigenvalue weighted by Crippen LogP contribution is 2.19. The fourth-order valence-electron chi connectivity index (χ4n) is 2.25. The van der Waals surface area contributed by atoms with Crippen LogP contribution in [-0.4, -0.2) is 34.6 Å². The van der Waals surface area contributed by atoms with E-state index < -0.39 is 12.0 Å². The van der Waals surface area contributed by atoms with Crippen LogP contribution in [0.3, 0.4) is 0 Å². The van der Waals surface area contributed by atoms with Crippen molar-refractivity contribution in [2.24, 2.45) is 0 Å². The summed E-state index contributed by atoms with van der Waals surface area (Å²) in [5.74, 6) is -1.21. The zero-order valence-electron chi connectivity index (χ0n) is 11.7. The van der Waals surface area contributed by atoms with Gasteiger partial charge in [0.2, 0.25) is 0 Å². The predicted molar refractivity (Wildman–Crippen MR) is 77.3 cm³/mol. The number of hydrogen-bond donors (Lipinski definition) is 1. The molecule has 0 saturated carbocycles. The number of pyridine rings is 1. The van der Waals surface area contributed by atoms with Crippen molar-refractivity contribution in [2.75, 3.05) is 13.6 Å². The summed E-state index contributed by atoms with van der Waals surface area (Å²) in [7, 11) is 1.71. The fraction of sp³-hybridized carbons (Fsp3) is 0.250. The molecule has 0 amide bonds. The predicted octanol–water partition coefficient (Wildman–Crippen LogP) is 2.52. The maximum atomic E-state index is 13.6. The smallest absolute Gasteiger partial charge is 0.325 e. The van der Waals surface area contributed by atoms with Crippen LogP contribution in [0, 0.1) is 5.82 Å². The first kappa shape index (κ1) is 15.1. The SMILES string of the molecule is CN(CCc1ccccc1F)C(C(=O)O)c1cccnc1. The molecule has 1 atom stereocenters. The van der Waals surface area contributed by atoms with Crippen molar-refractivity contribution in [1.82, 2.24) is 9.88 Å². The van der Waals surface area contributed by atoms with Crippen LogP contribution in [-0.2, 0) is 11.2 Å². The molecule has 0 radical (unpaired) electrons. The van der Waals surface area contributed by atoms with Crippen LogP contribution >= 0.6 is 0 Å². The fourth-order valence-corrected chi connectivity index (χ4v) is 2.25. The van der Waals surface area contributed by atoms with Gasteiger partial charge in [-0.15, -0.1) is 0 Å². The molecule has 0 bridgehead atoms. The summed E-state index contributed by atoms with van der Waals surface area (Å²) in [6.07, 6.45) is 3.59. The third kappa shape index (κ3) is 3.86. The molecule has 0 aliphatic heterocycles. The van der Waals surface area contributed by atoms with Gasteiger partial charge in [0.1, 0.15) is 11.9 Å². The van der Waals surface area contributed by atoms with Gasteiger partial charge < -0.3 is 5.11 Å². The first-order valence-electron chi connectivity index (χ1n) is 6.66. The van der Waals surface area contributed by atoms with E-state index in [0.717, 1.165) is 0 Å². The first-order chi connectivity index (χ1) is 10.1. The summed E-state index contributed by atoms with van der Waals surface area (Å²) in [5, 5.41) is 9.41. The van der Waals surface area contributed by atoms with E-state index in [9.17, 15) is 14.3 Å². The molecule has 0 fully saturated rings. The lowest BCUT2D eigenvalue weighted by atomic mass is 10.1. The number of aromatic nitrogens is 1. The molecule has 110 valence electrons. The molecule has 5 heteroatoms. The number of rotatable bonds is 6. The van der Waals surface area contributed by atoms with Gasteiger partial charge in [-0.3, -0.25) is 14.7 Å². The molecule has 2 rings (SSSR count). The summed E-state index contributed by atoms with van der Waals surface area (Å²) in [6, 6.07) is 9.17. The molecule has 1 heterocycles. The van der Waals surface area contributed by atoms with Gasteiger partial charge in [0.05, 0.1) is 0 Å². The molecule has 4 nitrogen and oxygen atoms in total. The first-order valence-corrected chi connectivity index (χ1v) is 6.66. The third-order valence-corrected chi connectivity index (χ3v) is 3.37. The number of carboxylic acids is 1. The Morgan fingerprint density at radius 1 is 1.33 bits per heavy atom. The Hall–Kier alpha value is -2.27. The second kappa shape index (κ2) is 6.95. The maximum absolute atomic E-state index is 13.6. The summed E-state index contributed by atoms with van der Waals surface area (Å²) in [4.78, 5) is 17.1. The monoisotopic (exact) mass is 288 g/mol. The summed E-state index contributed by atoms with van der Waals surface area (Å²) >= 11 is 0. The Morgan fingerprint density at radius 3 is 2.71 bits per heavy atom. The van der Waals surface area contributed by atoms with E-state index in [1.54, 1.807) is 54.7 Å². The molecular formula is C16H17FN2O2. The average molecular weight is 288 g/mol. The largest absolute Gasteiger partial charge is 0.480 e. The van der Waals surface area contributed by atoms with Gasteiger partial charge in [0.25, 0.3) is 0 Å². The number of hydrogen-bond acceptors (Lipinski definition) is 3. The summed E-state index contributed by atoms with van der Waals surface area (Å²) in [6.45, 7) is 0.437. The van der Waals surface area contributed by atoms with Crippen LogP contribution in [0.5, 0.6) is 0 Å². The third-order valence-electron chi connectivity index (χ3n) is 3.37. The molecule has 2 aromatic rings. The second-order valence-electron chi connectivity index (χ2n) is 4.85. The molecule has 1 aromatic carbocycles. The van der Waals surface area contributed by atoms with Gasteiger partial charge in [-0.2, -0.15) is 0 Å². The minimum atomic E-state index is -0.945. The molecular weight excluding hydrogens is 271 g/mol. The highest BCUT2D eigenvalue weighted by molar-refractivity contribution is 5.75. The van der Waals surface area contributed by atoms with Crippen LogP contribution in [0.25, 0.3) is 0 Å². The van der Waals surface area contributed by atoms with E-state index in [1.165, 1.54) is 6.07 Å². The quantitative estimate of drug-likeness (QED) is 0.887. The normalized spacial score (nSPS) is 12.3. The lowest BCUT2D eigenvalue weighted by molar-refractivity contribution is -0.143. The molecule has 0 aliphatic carbocycles. The minimum absolute atomic E-state index is 0.265. The zero-order chi connectivity index (χ0) is 15.2. The number of nitrogens with zero attached hydrogens (tertiary/aromatic N) is 2. The molecule has 1 unspecified atom stereocenters. The average Bonchev–Trinajstić information content (AvgIpc) is 2.47. The van der Waals surface area contributed by atoms with E-state index in [2.05, 4.69) is 4.98 Å². The summed E-state index contributed by atoms with van der Waals surface area (Å²) in [5.41, 5.74) is 1.20. The highest BCUT2D eigenvalue weighted by Gasteiger charge is 2.24. The Bertz CT molecular complexity index is 604. The van der Waals surface area contributed by atoms with Crippen molar-refractivity contribution in [3.8, 4) is 0 Å². The molecule has 21 heavy (non-hydrogen) atoms. The van der Waals surface area contributed by atoms with Crippen LogP contribution in [0.15, 0.2) is 48.8 Å². The van der Waals surface area contributed by atoms with Gasteiger partial charge in [0, 0.05) is 18.9 Å². The number of carboxylic acid groups (broad SMARTS) is 1. The molecule has 1 aromatic heterocycles. The molecule has 0 saturated heterocycles. The Kier molecular flexibility index (Phi) is 5.00. The lowest BCUT2D eigenvalue weighted by Gasteiger charge is -2.24. The zero-order valence-corrected chi connectivity index (χ0v) is 11.7. The Balaban J connectivity index is 2.08. The van der Waals surface area contributed by atoms with Crippen molar-refractivity contribution in [1.29, 1.82) is 0 Å². The maximum Gasteiger partial charge on any atom is 0.325 e. The Morgan fingerprint density at radius 2 is 2.10 bits per heavy atom. The van der Waals surface area contributed by atoms with Crippen molar-refractivity contribution >= 4 is 5.97 Å². The second-order valence-corrected chi connectivity index (χ2v) is 4.85. The van der Waals surface area contributed by atoms with Gasteiger partial charge in [0.15, 0.2) is 0 Å². The van der Waals surface area contributed by atoms with E-state index in [4.69, 9.17) is 0 Å². The molecule has 0 aliphatic rings. The van der Waals surface area contributed by atoms with Gasteiger partial charge in [-0.1, -0.05) is 24.3 Å². The Labute approximate surface area is 122 Å². The van der Waals surface area contributed by atoms with Crippen LogP contribution in [0.1, 0.15) is 17.2 Å². The van der Waals surface area contributed by atoms with Crippen LogP contribution in [0.4, 0.5) is 4.39 Å². The van der Waals surface area contributed by atoms with Crippen molar-refractivity contribution < 1.29 is 14.3 Å². The number of halogens is 1. The highest BCUT2D eigenvalue weighted by atomic mass is 19.1. The van der Waals surface area contributed by atoms with Crippen LogP contribution < -0.4 is 0 Å². The molecule has 1 N–H and O–H groups in total.